The lowest BCUT2D eigenvalue weighted by molar-refractivity contribution is -0.165. The molecule has 148 valence electrons. The minimum Gasteiger partial charge on any atom is -0.504 e. The summed E-state index contributed by atoms with van der Waals surface area (Å²) >= 11 is 0. The Balaban J connectivity index is 1.83. The summed E-state index contributed by atoms with van der Waals surface area (Å²) in [5, 5.41) is 23.1. The number of ketones is 1. The topological polar surface area (TPSA) is 70.0 Å². The van der Waals surface area contributed by atoms with Crippen molar-refractivity contribution in [3.63, 3.8) is 0 Å². The minimum absolute atomic E-state index is 0.0510. The summed E-state index contributed by atoms with van der Waals surface area (Å²) in [6, 6.07) is 3.62. The summed E-state index contributed by atoms with van der Waals surface area (Å²) in [7, 11) is 1.53. The molecule has 3 fully saturated rings. The monoisotopic (exact) mass is 373 g/mol. The number of hydrogen-bond acceptors (Lipinski definition) is 5. The molecule has 0 radical (unpaired) electrons. The van der Waals surface area contributed by atoms with Crippen LogP contribution in [0.5, 0.6) is 11.5 Å². The third-order valence-corrected chi connectivity index (χ3v) is 7.41. The van der Waals surface area contributed by atoms with Crippen molar-refractivity contribution < 1.29 is 19.7 Å². The highest BCUT2D eigenvalue weighted by Crippen LogP contribution is 2.57. The van der Waals surface area contributed by atoms with E-state index in [-0.39, 0.29) is 24.0 Å². The molecule has 2 saturated carbocycles. The number of fused-ring (bicyclic) bond motifs is 1. The van der Waals surface area contributed by atoms with Gasteiger partial charge in [0.05, 0.1) is 12.7 Å². The maximum Gasteiger partial charge on any atom is 0.161 e. The van der Waals surface area contributed by atoms with Gasteiger partial charge >= 0.3 is 0 Å². The van der Waals surface area contributed by atoms with E-state index in [1.165, 1.54) is 20.0 Å². The molecule has 27 heavy (non-hydrogen) atoms. The minimum atomic E-state index is -1.04. The normalized spacial score (nSPS) is 34.4. The Bertz CT molecular complexity index is 759. The van der Waals surface area contributed by atoms with Gasteiger partial charge in [0.25, 0.3) is 0 Å². The lowest BCUT2D eigenvalue weighted by Gasteiger charge is -2.60. The van der Waals surface area contributed by atoms with E-state index in [4.69, 9.17) is 4.74 Å². The first kappa shape index (κ1) is 18.8. The van der Waals surface area contributed by atoms with Crippen molar-refractivity contribution in [1.29, 1.82) is 0 Å². The van der Waals surface area contributed by atoms with Crippen molar-refractivity contribution in [3.8, 4) is 11.5 Å². The van der Waals surface area contributed by atoms with Crippen LogP contribution in [0.25, 0.3) is 0 Å². The molecule has 2 aliphatic carbocycles. The number of phenols is 1. The number of carbonyl (C=O) groups is 1. The molecular formula is C22H31NO4. The van der Waals surface area contributed by atoms with Gasteiger partial charge in [-0.3, -0.25) is 9.69 Å². The molecule has 1 saturated heterocycles. The van der Waals surface area contributed by atoms with Crippen LogP contribution in [0.15, 0.2) is 12.1 Å². The van der Waals surface area contributed by atoms with Crippen molar-refractivity contribution >= 4 is 5.78 Å². The first-order chi connectivity index (χ1) is 12.8. The zero-order valence-electron chi connectivity index (χ0n) is 16.6. The second-order valence-electron chi connectivity index (χ2n) is 8.89. The Labute approximate surface area is 161 Å². The second kappa shape index (κ2) is 6.49. The molecule has 0 spiro atoms. The molecule has 0 bridgehead atoms. The Morgan fingerprint density at radius 3 is 2.70 bits per heavy atom. The van der Waals surface area contributed by atoms with Crippen LogP contribution >= 0.6 is 0 Å². The Kier molecular flexibility index (Phi) is 4.51. The van der Waals surface area contributed by atoms with E-state index in [0.717, 1.165) is 24.6 Å². The molecule has 1 aromatic rings. The Morgan fingerprint density at radius 1 is 1.30 bits per heavy atom. The standard InChI is InChI=1S/C22H31NO4/c1-14-4-7-18(27-3)20(25)19(14)21-10-11-23(13-16-5-6-16)15(2)22(21,26)9-8-17(24)12-21/h4,7,15-16,25-26H,5-6,8-13H2,1-3H3/t15-,21?,22?/m1/s1. The highest BCUT2D eigenvalue weighted by molar-refractivity contribution is 5.82. The van der Waals surface area contributed by atoms with Gasteiger partial charge in [0.1, 0.15) is 5.78 Å². The third-order valence-electron chi connectivity index (χ3n) is 7.41. The average Bonchev–Trinajstić information content (AvgIpc) is 3.44. The van der Waals surface area contributed by atoms with Gasteiger partial charge in [-0.15, -0.1) is 0 Å². The molecule has 3 atom stereocenters. The summed E-state index contributed by atoms with van der Waals surface area (Å²) in [4.78, 5) is 15.0. The van der Waals surface area contributed by atoms with Crippen molar-refractivity contribution in [2.45, 2.75) is 69.4 Å². The largest absolute Gasteiger partial charge is 0.504 e. The van der Waals surface area contributed by atoms with Crippen molar-refractivity contribution in [2.24, 2.45) is 5.92 Å². The predicted octanol–water partition coefficient (Wildman–Crippen LogP) is 2.94. The average molecular weight is 373 g/mol. The van der Waals surface area contributed by atoms with Gasteiger partial charge in [0, 0.05) is 36.4 Å². The third kappa shape index (κ3) is 2.78. The first-order valence-corrected chi connectivity index (χ1v) is 10.2. The number of likely N-dealkylation sites (tertiary alicyclic amines) is 1. The fraction of sp³-hybridized carbons (Fsp3) is 0.682. The molecule has 4 rings (SSSR count). The van der Waals surface area contributed by atoms with E-state index in [9.17, 15) is 15.0 Å². The number of aliphatic hydroxyl groups is 1. The molecule has 3 aliphatic rings. The van der Waals surface area contributed by atoms with Crippen molar-refractivity contribution in [1.82, 2.24) is 4.90 Å². The second-order valence-corrected chi connectivity index (χ2v) is 8.89. The number of piperidine rings is 1. The smallest absolute Gasteiger partial charge is 0.161 e. The quantitative estimate of drug-likeness (QED) is 0.849. The van der Waals surface area contributed by atoms with Crippen LogP contribution in [0.4, 0.5) is 0 Å². The van der Waals surface area contributed by atoms with Crippen LogP contribution in [-0.2, 0) is 10.2 Å². The highest BCUT2D eigenvalue weighted by Gasteiger charge is 2.62. The van der Waals surface area contributed by atoms with Crippen LogP contribution < -0.4 is 4.74 Å². The maximum absolute atomic E-state index is 12.6. The summed E-state index contributed by atoms with van der Waals surface area (Å²) < 4.78 is 5.35. The van der Waals surface area contributed by atoms with Crippen LogP contribution in [0.1, 0.15) is 56.6 Å². The lowest BCUT2D eigenvalue weighted by atomic mass is 9.53. The fourth-order valence-electron chi connectivity index (χ4n) is 5.64. The van der Waals surface area contributed by atoms with Crippen LogP contribution in [0.3, 0.4) is 0 Å². The zero-order valence-corrected chi connectivity index (χ0v) is 16.6. The number of hydrogen-bond donors (Lipinski definition) is 2. The molecule has 0 aromatic heterocycles. The number of Topliss-reactive ketones (excluding diaryl/α,β-unsaturated/α-hetero) is 1. The summed E-state index contributed by atoms with van der Waals surface area (Å²) in [6.07, 6.45) is 4.37. The number of aromatic hydroxyl groups is 1. The molecule has 2 unspecified atom stereocenters. The predicted molar refractivity (Wildman–Crippen MR) is 103 cm³/mol. The van der Waals surface area contributed by atoms with Crippen LogP contribution in [0.2, 0.25) is 0 Å². The van der Waals surface area contributed by atoms with E-state index in [1.807, 2.05) is 13.0 Å². The van der Waals surface area contributed by atoms with Gasteiger partial charge in [-0.25, -0.2) is 0 Å². The first-order valence-electron chi connectivity index (χ1n) is 10.2. The molecule has 1 heterocycles. The van der Waals surface area contributed by atoms with E-state index in [2.05, 4.69) is 11.8 Å². The van der Waals surface area contributed by atoms with Gasteiger partial charge in [-0.1, -0.05) is 6.07 Å². The Hall–Kier alpha value is -1.59. The highest BCUT2D eigenvalue weighted by atomic mass is 16.5. The Morgan fingerprint density at radius 2 is 2.04 bits per heavy atom. The van der Waals surface area contributed by atoms with Crippen molar-refractivity contribution in [3.05, 3.63) is 23.3 Å². The summed E-state index contributed by atoms with van der Waals surface area (Å²) in [5.74, 6) is 1.40. The van der Waals surface area contributed by atoms with E-state index in [1.54, 1.807) is 6.07 Å². The number of ether oxygens (including phenoxy) is 1. The van der Waals surface area contributed by atoms with Crippen molar-refractivity contribution in [2.75, 3.05) is 20.2 Å². The van der Waals surface area contributed by atoms with E-state index < -0.39 is 11.0 Å². The van der Waals surface area contributed by atoms with E-state index in [0.29, 0.717) is 30.6 Å². The number of nitrogens with zero attached hydrogens (tertiary/aromatic N) is 1. The lowest BCUT2D eigenvalue weighted by Crippen LogP contribution is -2.70. The maximum atomic E-state index is 12.6. The molecule has 5 nitrogen and oxygen atoms in total. The number of rotatable bonds is 4. The zero-order chi connectivity index (χ0) is 19.4. The summed E-state index contributed by atoms with van der Waals surface area (Å²) in [6.45, 7) is 5.91. The molecule has 1 aromatic carbocycles. The summed E-state index contributed by atoms with van der Waals surface area (Å²) in [5.41, 5.74) is -0.188. The molecule has 5 heteroatoms. The van der Waals surface area contributed by atoms with Gasteiger partial charge in [-0.05, 0) is 63.6 Å². The number of phenolic OH excluding ortho intramolecular Hbond substituents is 1. The van der Waals surface area contributed by atoms with Crippen LogP contribution in [0, 0.1) is 12.8 Å². The molecule has 2 N–H and O–H groups in total. The molecule has 1 aliphatic heterocycles. The van der Waals surface area contributed by atoms with Crippen LogP contribution in [-0.4, -0.2) is 52.7 Å². The fourth-order valence-corrected chi connectivity index (χ4v) is 5.64. The molecular weight excluding hydrogens is 342 g/mol. The number of aryl methyl sites for hydroxylation is 1. The number of carbonyl (C=O) groups excluding carboxylic acids is 1. The van der Waals surface area contributed by atoms with Gasteiger partial charge in [-0.2, -0.15) is 0 Å². The SMILES string of the molecule is COc1ccc(C)c(C23CCN(CC4CC4)[C@H](C)C2(O)CCC(=O)C3)c1O. The van der Waals surface area contributed by atoms with Gasteiger partial charge in [0.15, 0.2) is 11.5 Å². The molecule has 0 amide bonds. The van der Waals surface area contributed by atoms with E-state index >= 15 is 0 Å². The number of benzene rings is 1. The van der Waals surface area contributed by atoms with Gasteiger partial charge in [0.2, 0.25) is 0 Å². The number of methoxy groups -OCH3 is 1. The van der Waals surface area contributed by atoms with Gasteiger partial charge < -0.3 is 14.9 Å².